The summed E-state index contributed by atoms with van der Waals surface area (Å²) in [5.41, 5.74) is 8.47. The van der Waals surface area contributed by atoms with Crippen LogP contribution in [-0.2, 0) is 49.2 Å². The third-order valence-electron chi connectivity index (χ3n) is 9.98. The molecule has 0 radical (unpaired) electrons. The van der Waals surface area contributed by atoms with Crippen LogP contribution in [0.1, 0.15) is 55.6 Å². The summed E-state index contributed by atoms with van der Waals surface area (Å²) in [6.45, 7) is 3.85. The van der Waals surface area contributed by atoms with E-state index in [2.05, 4.69) is 21.4 Å². The van der Waals surface area contributed by atoms with Gasteiger partial charge in [0.1, 0.15) is 61.6 Å². The second-order valence-electron chi connectivity index (χ2n) is 14.2. The summed E-state index contributed by atoms with van der Waals surface area (Å²) in [5, 5.41) is 50.3. The van der Waals surface area contributed by atoms with E-state index in [-0.39, 0.29) is 56.1 Å². The number of hydrogen-bond donors (Lipinski definition) is 4. The molecule has 6 rings (SSSR count). The highest BCUT2D eigenvalue weighted by molar-refractivity contribution is 6.32. The summed E-state index contributed by atoms with van der Waals surface area (Å²) in [5.74, 6) is -1.88. The number of aromatic nitrogens is 2. The van der Waals surface area contributed by atoms with Crippen molar-refractivity contribution < 1.29 is 43.9 Å². The summed E-state index contributed by atoms with van der Waals surface area (Å²) in [4.78, 5) is 31.2. The topological polar surface area (TPSA) is 217 Å². The van der Waals surface area contributed by atoms with Crippen molar-refractivity contribution in [2.75, 3.05) is 0 Å². The highest BCUT2D eigenvalue weighted by atomic mass is 35.5. The van der Waals surface area contributed by atoms with E-state index in [1.54, 1.807) is 36.5 Å². The fourth-order valence-corrected chi connectivity index (χ4v) is 7.03. The molecule has 4 N–H and O–H groups in total. The lowest BCUT2D eigenvalue weighted by Gasteiger charge is -2.19. The highest BCUT2D eigenvalue weighted by Gasteiger charge is 2.26. The van der Waals surface area contributed by atoms with Gasteiger partial charge in [-0.3, -0.25) is 15.3 Å². The van der Waals surface area contributed by atoms with Crippen molar-refractivity contribution in [1.82, 2.24) is 15.3 Å². The zero-order valence-corrected chi connectivity index (χ0v) is 35.4. The third kappa shape index (κ3) is 11.4. The summed E-state index contributed by atoms with van der Waals surface area (Å²) in [6, 6.07) is 23.6. The van der Waals surface area contributed by atoms with Gasteiger partial charge >= 0.3 is 11.9 Å². The lowest BCUT2D eigenvalue weighted by atomic mass is 9.92. The number of aliphatic hydroxyl groups excluding tert-OH is 1. The molecule has 2 aromatic heterocycles. The highest BCUT2D eigenvalue weighted by Crippen LogP contribution is 2.37. The number of ether oxygens (including phenoxy) is 4. The summed E-state index contributed by atoms with van der Waals surface area (Å²) >= 11 is 13.3. The maximum atomic E-state index is 11.5. The van der Waals surface area contributed by atoms with E-state index in [1.165, 1.54) is 24.7 Å². The summed E-state index contributed by atoms with van der Waals surface area (Å²) in [6.07, 6.45) is 6.01. The Morgan fingerprint density at radius 3 is 1.52 bits per heavy atom. The molecular weight excluding hydrogens is 849 g/mol. The molecule has 0 saturated carbocycles. The van der Waals surface area contributed by atoms with Crippen LogP contribution in [-0.4, -0.2) is 43.3 Å². The molecule has 320 valence electrons. The van der Waals surface area contributed by atoms with Gasteiger partial charge in [-0.15, -0.1) is 0 Å². The van der Waals surface area contributed by atoms with Crippen LogP contribution in [0.4, 0.5) is 0 Å². The molecule has 14 nitrogen and oxygen atoms in total. The molecule has 2 heterocycles. The van der Waals surface area contributed by atoms with Crippen molar-refractivity contribution in [3.05, 3.63) is 163 Å². The number of benzene rings is 4. The van der Waals surface area contributed by atoms with Gasteiger partial charge in [0.05, 0.1) is 27.8 Å². The molecule has 0 atom stereocenters. The van der Waals surface area contributed by atoms with E-state index < -0.39 is 18.0 Å². The van der Waals surface area contributed by atoms with Gasteiger partial charge in [0, 0.05) is 65.7 Å². The SMILES string of the molecule is Cc1c(COc2cc(OCc3cncc(C#N)c3)c(CO)cc2Cl)cccc1-c1cccc(COc2cc(OCc3cncc(C#N)c3)c(CNC(C(=O)O)C(=O)O)cc2Cl)c1C. The number of aliphatic carboxylic acids is 2. The Kier molecular flexibility index (Phi) is 15.1. The standard InChI is InChI=1S/C47H39Cl2N5O9/c1-27-33(25-62-43-13-41(60-23-31-9-29(15-50)17-52-19-31)35(11-39(43)48)21-54-45(46(56)57)47(58)59)5-3-7-37(27)38-8-4-6-34(28(38)2)26-63-44-14-42(36(22-55)12-40(44)49)61-24-32-10-30(16-51)18-53-20-32/h3-14,17-20,45,54-55H,21-26H2,1-2H3,(H,56,57)(H,58,59). The largest absolute Gasteiger partial charge is 0.488 e. The first-order valence-electron chi connectivity index (χ1n) is 19.2. The maximum absolute atomic E-state index is 11.5. The molecule has 6 aromatic rings. The third-order valence-corrected chi connectivity index (χ3v) is 10.6. The second-order valence-corrected chi connectivity index (χ2v) is 15.0. The molecular formula is C47H39Cl2N5O9. The molecule has 4 aromatic carbocycles. The van der Waals surface area contributed by atoms with Gasteiger partial charge in [0.2, 0.25) is 6.04 Å². The van der Waals surface area contributed by atoms with Gasteiger partial charge in [-0.1, -0.05) is 59.6 Å². The van der Waals surface area contributed by atoms with E-state index >= 15 is 0 Å². The van der Waals surface area contributed by atoms with Gasteiger partial charge in [-0.25, -0.2) is 9.59 Å². The van der Waals surface area contributed by atoms with Crippen LogP contribution >= 0.6 is 23.2 Å². The first kappa shape index (κ1) is 45.3. The molecule has 0 amide bonds. The second kappa shape index (κ2) is 21.1. The van der Waals surface area contributed by atoms with Crippen molar-refractivity contribution in [1.29, 1.82) is 10.5 Å². The van der Waals surface area contributed by atoms with Crippen LogP contribution in [0.25, 0.3) is 11.1 Å². The number of pyridine rings is 2. The maximum Gasteiger partial charge on any atom is 0.332 e. The van der Waals surface area contributed by atoms with Crippen molar-refractivity contribution in [2.45, 2.75) is 59.5 Å². The van der Waals surface area contributed by atoms with Crippen LogP contribution in [0, 0.1) is 36.5 Å². The normalized spacial score (nSPS) is 10.8. The number of nitrogens with one attached hydrogen (secondary N) is 1. The number of aliphatic hydroxyl groups is 1. The predicted octanol–water partition coefficient (Wildman–Crippen LogP) is 8.25. The Morgan fingerprint density at radius 1 is 0.635 bits per heavy atom. The van der Waals surface area contributed by atoms with E-state index in [0.29, 0.717) is 49.9 Å². The Hall–Kier alpha value is -7.20. The van der Waals surface area contributed by atoms with Crippen molar-refractivity contribution in [3.63, 3.8) is 0 Å². The summed E-state index contributed by atoms with van der Waals surface area (Å²) in [7, 11) is 0. The van der Waals surface area contributed by atoms with Crippen molar-refractivity contribution in [3.8, 4) is 46.3 Å². The Bertz CT molecular complexity index is 2740. The minimum atomic E-state index is -1.88. The number of hydrogen-bond acceptors (Lipinski definition) is 12. The van der Waals surface area contributed by atoms with Gasteiger partial charge in [0.15, 0.2) is 0 Å². The van der Waals surface area contributed by atoms with E-state index in [0.717, 1.165) is 33.4 Å². The fraction of sp³-hybridized carbons (Fsp3) is 0.191. The number of carboxylic acids is 2. The quantitative estimate of drug-likeness (QED) is 0.0564. The van der Waals surface area contributed by atoms with Gasteiger partial charge < -0.3 is 34.3 Å². The van der Waals surface area contributed by atoms with Crippen LogP contribution in [0.5, 0.6) is 23.0 Å². The van der Waals surface area contributed by atoms with E-state index in [1.807, 2.05) is 56.3 Å². The summed E-state index contributed by atoms with van der Waals surface area (Å²) < 4.78 is 24.6. The van der Waals surface area contributed by atoms with E-state index in [4.69, 9.17) is 42.1 Å². The smallest absolute Gasteiger partial charge is 0.332 e. The van der Waals surface area contributed by atoms with Crippen LogP contribution < -0.4 is 24.3 Å². The average Bonchev–Trinajstić information content (AvgIpc) is 3.28. The number of nitrogens with zero attached hydrogens (tertiary/aromatic N) is 4. The average molecular weight is 889 g/mol. The van der Waals surface area contributed by atoms with Crippen molar-refractivity contribution >= 4 is 35.1 Å². The van der Waals surface area contributed by atoms with Gasteiger partial charge in [-0.2, -0.15) is 10.5 Å². The van der Waals surface area contributed by atoms with E-state index in [9.17, 15) is 35.4 Å². The van der Waals surface area contributed by atoms with Crippen LogP contribution in [0.2, 0.25) is 10.0 Å². The predicted molar refractivity (Wildman–Crippen MR) is 231 cm³/mol. The van der Waals surface area contributed by atoms with Crippen LogP contribution in [0.15, 0.2) is 97.6 Å². The van der Waals surface area contributed by atoms with Crippen LogP contribution in [0.3, 0.4) is 0 Å². The molecule has 0 aliphatic heterocycles. The molecule has 0 aliphatic rings. The molecule has 0 bridgehead atoms. The minimum Gasteiger partial charge on any atom is -0.488 e. The number of carbonyl (C=O) groups is 2. The molecule has 0 unspecified atom stereocenters. The first-order chi connectivity index (χ1) is 30.4. The first-order valence-corrected chi connectivity index (χ1v) is 20.0. The monoisotopic (exact) mass is 887 g/mol. The molecule has 0 aliphatic carbocycles. The molecule has 0 spiro atoms. The minimum absolute atomic E-state index is 0.0144. The molecule has 0 fully saturated rings. The molecule has 16 heteroatoms. The Balaban J connectivity index is 1.19. The Labute approximate surface area is 372 Å². The lowest BCUT2D eigenvalue weighted by Crippen LogP contribution is -2.42. The molecule has 0 saturated heterocycles. The number of halogens is 2. The van der Waals surface area contributed by atoms with Gasteiger partial charge in [0.25, 0.3) is 0 Å². The zero-order chi connectivity index (χ0) is 45.0. The number of rotatable bonds is 19. The lowest BCUT2D eigenvalue weighted by molar-refractivity contribution is -0.151. The fourth-order valence-electron chi connectivity index (χ4n) is 6.55. The number of carboxylic acid groups (broad SMARTS) is 2. The van der Waals surface area contributed by atoms with Crippen molar-refractivity contribution in [2.24, 2.45) is 0 Å². The zero-order valence-electron chi connectivity index (χ0n) is 33.9. The Morgan fingerprint density at radius 2 is 1.08 bits per heavy atom. The number of nitriles is 2. The molecule has 63 heavy (non-hydrogen) atoms. The van der Waals surface area contributed by atoms with Gasteiger partial charge in [-0.05, 0) is 71.5 Å².